The Bertz CT molecular complexity index is 1150. The van der Waals surface area contributed by atoms with Gasteiger partial charge in [-0.2, -0.15) is 5.10 Å². The summed E-state index contributed by atoms with van der Waals surface area (Å²) in [4.78, 5) is 28.4. The minimum Gasteiger partial charge on any atom is -0.331 e. The van der Waals surface area contributed by atoms with Gasteiger partial charge in [0.25, 0.3) is 0 Å². The van der Waals surface area contributed by atoms with Gasteiger partial charge in [-0.3, -0.25) is 14.3 Å². The zero-order valence-corrected chi connectivity index (χ0v) is 16.7. The number of anilines is 1. The quantitative estimate of drug-likeness (QED) is 0.689. The van der Waals surface area contributed by atoms with Gasteiger partial charge in [-0.15, -0.1) is 0 Å². The molecule has 0 aliphatic carbocycles. The first-order valence-electron chi connectivity index (χ1n) is 10.0. The Hall–Kier alpha value is -3.67. The van der Waals surface area contributed by atoms with Crippen LogP contribution in [0.5, 0.6) is 0 Å². The minimum atomic E-state index is -0.810. The summed E-state index contributed by atoms with van der Waals surface area (Å²) in [6.07, 6.45) is 7.63. The molecule has 2 aliphatic rings. The van der Waals surface area contributed by atoms with Crippen molar-refractivity contribution in [2.24, 2.45) is 7.05 Å². The maximum Gasteiger partial charge on any atom is 0.247 e. The molecule has 1 N–H and O–H groups in total. The summed E-state index contributed by atoms with van der Waals surface area (Å²) in [5.74, 6) is -0.165. The summed E-state index contributed by atoms with van der Waals surface area (Å²) in [7, 11) is 1.84. The van der Waals surface area contributed by atoms with Gasteiger partial charge in [-0.1, -0.05) is 48.5 Å². The lowest BCUT2D eigenvalue weighted by atomic mass is 9.73. The van der Waals surface area contributed by atoms with Gasteiger partial charge in [0, 0.05) is 37.1 Å². The van der Waals surface area contributed by atoms with Gasteiger partial charge in [-0.25, -0.2) is 0 Å². The van der Waals surface area contributed by atoms with Crippen molar-refractivity contribution in [1.82, 2.24) is 14.7 Å². The van der Waals surface area contributed by atoms with Crippen molar-refractivity contribution in [3.05, 3.63) is 89.8 Å². The number of fused-ring (bicyclic) bond motifs is 2. The van der Waals surface area contributed by atoms with Gasteiger partial charge < -0.3 is 10.2 Å². The molecular weight excluding hydrogens is 376 g/mol. The number of nitrogens with zero attached hydrogens (tertiary/aromatic N) is 3. The highest BCUT2D eigenvalue weighted by Gasteiger charge is 2.59. The molecule has 2 aliphatic heterocycles. The smallest absolute Gasteiger partial charge is 0.247 e. The van der Waals surface area contributed by atoms with Crippen LogP contribution in [0.2, 0.25) is 0 Å². The highest BCUT2D eigenvalue weighted by Crippen LogP contribution is 2.54. The Balaban J connectivity index is 1.57. The van der Waals surface area contributed by atoms with Crippen LogP contribution < -0.4 is 5.32 Å². The lowest BCUT2D eigenvalue weighted by molar-refractivity contribution is -0.128. The second-order valence-corrected chi connectivity index (χ2v) is 7.85. The fraction of sp³-hybridized carbons (Fsp3) is 0.208. The Labute approximate surface area is 174 Å². The number of hydrogen-bond acceptors (Lipinski definition) is 3. The maximum atomic E-state index is 13.3. The van der Waals surface area contributed by atoms with E-state index >= 15 is 0 Å². The third kappa shape index (κ3) is 2.76. The van der Waals surface area contributed by atoms with Gasteiger partial charge in [0.1, 0.15) is 5.41 Å². The van der Waals surface area contributed by atoms with Crippen LogP contribution in [0.1, 0.15) is 29.2 Å². The van der Waals surface area contributed by atoms with Crippen LogP contribution in [0.25, 0.3) is 6.08 Å². The van der Waals surface area contributed by atoms with E-state index < -0.39 is 11.5 Å². The number of carbonyl (C=O) groups is 2. The van der Waals surface area contributed by atoms with E-state index in [0.717, 1.165) is 22.4 Å². The second kappa shape index (κ2) is 6.99. The van der Waals surface area contributed by atoms with Crippen molar-refractivity contribution in [2.45, 2.75) is 17.9 Å². The molecule has 5 rings (SSSR count). The number of rotatable bonds is 3. The van der Waals surface area contributed by atoms with E-state index in [9.17, 15) is 9.59 Å². The maximum absolute atomic E-state index is 13.3. The molecule has 0 radical (unpaired) electrons. The molecule has 150 valence electrons. The normalized spacial score (nSPS) is 22.6. The molecule has 0 bridgehead atoms. The molecule has 1 fully saturated rings. The van der Waals surface area contributed by atoms with Gasteiger partial charge >= 0.3 is 0 Å². The van der Waals surface area contributed by atoms with Crippen LogP contribution in [-0.4, -0.2) is 33.0 Å². The Morgan fingerprint density at radius 1 is 1.17 bits per heavy atom. The SMILES string of the molecule is Cn1cc([C@@H]2N(C(=O)C=Cc3ccccc3)CC[C@]23C(=O)Nc2ccccc23)cn1. The van der Waals surface area contributed by atoms with Crippen molar-refractivity contribution in [1.29, 1.82) is 0 Å². The first-order chi connectivity index (χ1) is 14.6. The van der Waals surface area contributed by atoms with Crippen LogP contribution >= 0.6 is 0 Å². The van der Waals surface area contributed by atoms with Crippen LogP contribution in [0, 0.1) is 0 Å². The first kappa shape index (κ1) is 18.4. The average Bonchev–Trinajstić information content (AvgIpc) is 3.44. The fourth-order valence-electron chi connectivity index (χ4n) is 4.80. The molecule has 2 atom stereocenters. The van der Waals surface area contributed by atoms with Crippen molar-refractivity contribution in [2.75, 3.05) is 11.9 Å². The van der Waals surface area contributed by atoms with Crippen molar-refractivity contribution >= 4 is 23.6 Å². The summed E-state index contributed by atoms with van der Waals surface area (Å²) in [5.41, 5.74) is 2.79. The second-order valence-electron chi connectivity index (χ2n) is 7.85. The highest BCUT2D eigenvalue weighted by molar-refractivity contribution is 6.08. The number of benzene rings is 2. The molecule has 2 amide bonds. The number of aryl methyl sites for hydroxylation is 1. The van der Waals surface area contributed by atoms with Crippen molar-refractivity contribution in [3.8, 4) is 0 Å². The highest BCUT2D eigenvalue weighted by atomic mass is 16.2. The number of amides is 2. The monoisotopic (exact) mass is 398 g/mol. The molecular formula is C24H22N4O2. The van der Waals surface area contributed by atoms with E-state index in [-0.39, 0.29) is 11.8 Å². The Kier molecular flexibility index (Phi) is 4.28. The molecule has 1 spiro atoms. The third-order valence-electron chi connectivity index (χ3n) is 6.13. The molecule has 6 nitrogen and oxygen atoms in total. The van der Waals surface area contributed by atoms with Gasteiger partial charge in [0.05, 0.1) is 12.2 Å². The van der Waals surface area contributed by atoms with Crippen LogP contribution in [0.15, 0.2) is 73.1 Å². The standard InChI is InChI=1S/C24H22N4O2/c1-27-16-18(15-25-27)22-24(19-9-5-6-10-20(19)26-23(24)30)13-14-28(22)21(29)12-11-17-7-3-2-4-8-17/h2-12,15-16,22H,13-14H2,1H3,(H,26,30)/t22-,24+/m0/s1. The van der Waals surface area contributed by atoms with Gasteiger partial charge in [0.2, 0.25) is 11.8 Å². The number of nitrogens with one attached hydrogen (secondary N) is 1. The molecule has 3 aromatic rings. The number of carbonyl (C=O) groups excluding carboxylic acids is 2. The predicted molar refractivity (Wildman–Crippen MR) is 115 cm³/mol. The molecule has 0 unspecified atom stereocenters. The largest absolute Gasteiger partial charge is 0.331 e. The molecule has 30 heavy (non-hydrogen) atoms. The zero-order chi connectivity index (χ0) is 20.7. The summed E-state index contributed by atoms with van der Waals surface area (Å²) in [6, 6.07) is 17.1. The van der Waals surface area contributed by atoms with Crippen molar-refractivity contribution < 1.29 is 9.59 Å². The van der Waals surface area contributed by atoms with Gasteiger partial charge in [-0.05, 0) is 29.7 Å². The minimum absolute atomic E-state index is 0.0557. The number of likely N-dealkylation sites (tertiary alicyclic amines) is 1. The van der Waals surface area contributed by atoms with E-state index in [1.807, 2.05) is 73.9 Å². The molecule has 2 aromatic carbocycles. The molecule has 1 aromatic heterocycles. The molecule has 6 heteroatoms. The lowest BCUT2D eigenvalue weighted by Gasteiger charge is -2.33. The average molecular weight is 398 g/mol. The summed E-state index contributed by atoms with van der Waals surface area (Å²) >= 11 is 0. The summed E-state index contributed by atoms with van der Waals surface area (Å²) in [6.45, 7) is 0.499. The fourth-order valence-corrected chi connectivity index (χ4v) is 4.80. The molecule has 3 heterocycles. The van der Waals surface area contributed by atoms with E-state index in [0.29, 0.717) is 13.0 Å². The van der Waals surface area contributed by atoms with E-state index in [2.05, 4.69) is 10.4 Å². The first-order valence-corrected chi connectivity index (χ1v) is 10.0. The van der Waals surface area contributed by atoms with E-state index in [1.54, 1.807) is 21.9 Å². The summed E-state index contributed by atoms with van der Waals surface area (Å²) in [5, 5.41) is 7.34. The summed E-state index contributed by atoms with van der Waals surface area (Å²) < 4.78 is 1.71. The van der Waals surface area contributed by atoms with Crippen molar-refractivity contribution in [3.63, 3.8) is 0 Å². The van der Waals surface area contributed by atoms with E-state index in [4.69, 9.17) is 0 Å². The lowest BCUT2D eigenvalue weighted by Crippen LogP contribution is -2.42. The van der Waals surface area contributed by atoms with Crippen LogP contribution in [0.4, 0.5) is 5.69 Å². The number of aromatic nitrogens is 2. The number of hydrogen-bond donors (Lipinski definition) is 1. The topological polar surface area (TPSA) is 67.2 Å². The van der Waals surface area contributed by atoms with Crippen LogP contribution in [-0.2, 0) is 22.1 Å². The number of para-hydroxylation sites is 1. The third-order valence-corrected chi connectivity index (χ3v) is 6.13. The van der Waals surface area contributed by atoms with Gasteiger partial charge in [0.15, 0.2) is 0 Å². The van der Waals surface area contributed by atoms with Crippen LogP contribution in [0.3, 0.4) is 0 Å². The zero-order valence-electron chi connectivity index (χ0n) is 16.7. The Morgan fingerprint density at radius 3 is 2.70 bits per heavy atom. The Morgan fingerprint density at radius 2 is 1.93 bits per heavy atom. The predicted octanol–water partition coefficient (Wildman–Crippen LogP) is 3.30. The molecule has 0 saturated carbocycles. The van der Waals surface area contributed by atoms with E-state index in [1.165, 1.54) is 0 Å². The molecule has 1 saturated heterocycles.